The van der Waals surface area contributed by atoms with E-state index in [4.69, 9.17) is 0 Å². The monoisotopic (exact) mass is 436 g/mol. The molecule has 0 aromatic carbocycles. The molecular formula is C25H40O6. The molecule has 2 aliphatic carbocycles. The minimum absolute atomic E-state index is 0.0227. The largest absolute Gasteiger partial charge is 0.469 e. The number of aliphatic hydroxyl groups is 2. The quantitative estimate of drug-likeness (QED) is 0.274. The molecule has 2 N–H and O–H groups in total. The van der Waals surface area contributed by atoms with Crippen molar-refractivity contribution in [2.45, 2.75) is 96.2 Å². The van der Waals surface area contributed by atoms with Gasteiger partial charge < -0.3 is 14.9 Å². The van der Waals surface area contributed by atoms with E-state index in [0.29, 0.717) is 19.3 Å². The highest BCUT2D eigenvalue weighted by Crippen LogP contribution is 2.36. The van der Waals surface area contributed by atoms with Gasteiger partial charge in [-0.25, -0.2) is 0 Å². The molecule has 0 heterocycles. The molecule has 0 aromatic heterocycles. The van der Waals surface area contributed by atoms with E-state index in [0.717, 1.165) is 31.6 Å². The van der Waals surface area contributed by atoms with Crippen molar-refractivity contribution in [1.82, 2.24) is 0 Å². The number of ketones is 2. The summed E-state index contributed by atoms with van der Waals surface area (Å²) in [7, 11) is 1.34. The third kappa shape index (κ3) is 8.15. The van der Waals surface area contributed by atoms with Crippen LogP contribution in [-0.2, 0) is 19.1 Å². The fourth-order valence-electron chi connectivity index (χ4n) is 5.16. The number of esters is 1. The number of methoxy groups -OCH3 is 1. The Hall–Kier alpha value is -1.53. The molecule has 176 valence electrons. The molecule has 0 saturated heterocycles. The highest BCUT2D eigenvalue weighted by Gasteiger charge is 2.41. The number of hydrogen-bond donors (Lipinski definition) is 2. The molecule has 0 aliphatic heterocycles. The number of hydrogen-bond acceptors (Lipinski definition) is 6. The van der Waals surface area contributed by atoms with Crippen LogP contribution in [0.2, 0.25) is 0 Å². The summed E-state index contributed by atoms with van der Waals surface area (Å²) >= 11 is 0. The molecule has 2 aliphatic rings. The molecule has 2 saturated carbocycles. The molecule has 4 atom stereocenters. The highest BCUT2D eigenvalue weighted by atomic mass is 16.5. The van der Waals surface area contributed by atoms with Gasteiger partial charge in [0.25, 0.3) is 0 Å². The van der Waals surface area contributed by atoms with Crippen LogP contribution in [-0.4, -0.2) is 47.1 Å². The van der Waals surface area contributed by atoms with Gasteiger partial charge in [-0.1, -0.05) is 44.8 Å². The van der Waals surface area contributed by atoms with E-state index in [-0.39, 0.29) is 42.7 Å². The molecular weight excluding hydrogens is 396 g/mol. The van der Waals surface area contributed by atoms with Crippen LogP contribution in [0.15, 0.2) is 12.2 Å². The summed E-state index contributed by atoms with van der Waals surface area (Å²) < 4.78 is 4.59. The van der Waals surface area contributed by atoms with Crippen molar-refractivity contribution in [2.24, 2.45) is 23.7 Å². The first kappa shape index (κ1) is 25.7. The summed E-state index contributed by atoms with van der Waals surface area (Å²) in [6.45, 7) is 2.21. The van der Waals surface area contributed by atoms with Gasteiger partial charge in [0.1, 0.15) is 11.6 Å². The molecule has 0 amide bonds. The average Bonchev–Trinajstić information content (AvgIpc) is 3.02. The summed E-state index contributed by atoms with van der Waals surface area (Å²) in [6, 6.07) is 0. The lowest BCUT2D eigenvalue weighted by Gasteiger charge is -2.30. The zero-order valence-electron chi connectivity index (χ0n) is 19.1. The van der Waals surface area contributed by atoms with E-state index in [2.05, 4.69) is 11.7 Å². The van der Waals surface area contributed by atoms with Crippen molar-refractivity contribution in [3.63, 3.8) is 0 Å². The second kappa shape index (κ2) is 13.1. The minimum Gasteiger partial charge on any atom is -0.469 e. The smallest absolute Gasteiger partial charge is 0.305 e. The summed E-state index contributed by atoms with van der Waals surface area (Å²) in [5, 5.41) is 21.0. The van der Waals surface area contributed by atoms with Crippen LogP contribution in [0.4, 0.5) is 0 Å². The Bertz CT molecular complexity index is 620. The molecule has 0 spiro atoms. The molecule has 31 heavy (non-hydrogen) atoms. The van der Waals surface area contributed by atoms with Crippen LogP contribution >= 0.6 is 0 Å². The fraction of sp³-hybridized carbons (Fsp3) is 0.800. The Morgan fingerprint density at radius 1 is 1.16 bits per heavy atom. The number of carbonyl (C=O) groups excluding carboxylic acids is 3. The number of carbonyl (C=O) groups is 3. The van der Waals surface area contributed by atoms with Gasteiger partial charge in [0, 0.05) is 37.5 Å². The molecule has 0 radical (unpaired) electrons. The molecule has 0 unspecified atom stereocenters. The topological polar surface area (TPSA) is 101 Å². The van der Waals surface area contributed by atoms with Gasteiger partial charge in [0.05, 0.1) is 19.3 Å². The van der Waals surface area contributed by atoms with Crippen LogP contribution < -0.4 is 0 Å². The Balaban J connectivity index is 1.83. The number of ether oxygens (including phenoxy) is 1. The lowest BCUT2D eigenvalue weighted by atomic mass is 9.77. The summed E-state index contributed by atoms with van der Waals surface area (Å²) in [5.74, 6) is -0.332. The predicted octanol–water partition coefficient (Wildman–Crippen LogP) is 3.77. The fourth-order valence-corrected chi connectivity index (χ4v) is 5.16. The van der Waals surface area contributed by atoms with E-state index < -0.39 is 24.0 Å². The van der Waals surface area contributed by atoms with Crippen molar-refractivity contribution in [3.05, 3.63) is 12.2 Å². The van der Waals surface area contributed by atoms with Crippen LogP contribution in [0.1, 0.15) is 84.0 Å². The second-order valence-corrected chi connectivity index (χ2v) is 9.39. The first-order valence-electron chi connectivity index (χ1n) is 12.0. The SMILES string of the molecule is CCCC1CCC([C@H](O)C=C[C@H]2[C@H](O)CC(=O)[C@@H]2CC(=O)CCCCC(=O)OC)CC1. The first-order chi connectivity index (χ1) is 14.8. The van der Waals surface area contributed by atoms with Gasteiger partial charge in [-0.3, -0.25) is 14.4 Å². The third-order valence-electron chi connectivity index (χ3n) is 7.10. The summed E-state index contributed by atoms with van der Waals surface area (Å²) in [6.07, 6.45) is 10.9. The maximum atomic E-state index is 12.4. The molecule has 0 bridgehead atoms. The van der Waals surface area contributed by atoms with Crippen molar-refractivity contribution in [1.29, 1.82) is 0 Å². The van der Waals surface area contributed by atoms with Gasteiger partial charge in [-0.05, 0) is 37.5 Å². The Kier molecular flexibility index (Phi) is 10.9. The predicted molar refractivity (Wildman–Crippen MR) is 118 cm³/mol. The van der Waals surface area contributed by atoms with E-state index in [9.17, 15) is 24.6 Å². The van der Waals surface area contributed by atoms with Crippen molar-refractivity contribution >= 4 is 17.5 Å². The van der Waals surface area contributed by atoms with E-state index in [1.807, 2.05) is 0 Å². The summed E-state index contributed by atoms with van der Waals surface area (Å²) in [4.78, 5) is 35.9. The third-order valence-corrected chi connectivity index (χ3v) is 7.10. The van der Waals surface area contributed by atoms with Gasteiger partial charge in [0.2, 0.25) is 0 Å². The minimum atomic E-state index is -0.798. The zero-order chi connectivity index (χ0) is 22.8. The lowest BCUT2D eigenvalue weighted by molar-refractivity contribution is -0.140. The normalized spacial score (nSPS) is 29.9. The summed E-state index contributed by atoms with van der Waals surface area (Å²) in [5.41, 5.74) is 0. The van der Waals surface area contributed by atoms with Crippen molar-refractivity contribution < 1.29 is 29.3 Å². The highest BCUT2D eigenvalue weighted by molar-refractivity contribution is 5.90. The Morgan fingerprint density at radius 3 is 2.48 bits per heavy atom. The van der Waals surface area contributed by atoms with Gasteiger partial charge in [-0.2, -0.15) is 0 Å². The Labute approximate surface area is 186 Å². The first-order valence-corrected chi connectivity index (χ1v) is 12.0. The van der Waals surface area contributed by atoms with E-state index >= 15 is 0 Å². The molecule has 2 fully saturated rings. The lowest BCUT2D eigenvalue weighted by Crippen LogP contribution is -2.26. The number of unbranched alkanes of at least 4 members (excludes halogenated alkanes) is 1. The van der Waals surface area contributed by atoms with Gasteiger partial charge in [0.15, 0.2) is 0 Å². The standard InChI is InChI=1S/C25H40O6/c1-3-6-17-9-11-18(12-10-17)22(27)14-13-20-21(24(29)16-23(20)28)15-19(26)7-4-5-8-25(30)31-2/h13-14,17-18,20-23,27-28H,3-12,15-16H2,1-2H3/t17?,18?,20-,21-,22-,23-/m1/s1. The van der Waals surface area contributed by atoms with Crippen molar-refractivity contribution in [3.8, 4) is 0 Å². The van der Waals surface area contributed by atoms with Crippen LogP contribution in [0.25, 0.3) is 0 Å². The van der Waals surface area contributed by atoms with Crippen LogP contribution in [0.3, 0.4) is 0 Å². The van der Waals surface area contributed by atoms with Gasteiger partial charge >= 0.3 is 5.97 Å². The maximum absolute atomic E-state index is 12.4. The molecule has 6 heteroatoms. The number of aliphatic hydroxyl groups excluding tert-OH is 2. The van der Waals surface area contributed by atoms with Crippen LogP contribution in [0.5, 0.6) is 0 Å². The van der Waals surface area contributed by atoms with E-state index in [1.54, 1.807) is 12.2 Å². The number of Topliss-reactive ketones (excluding diaryl/α,β-unsaturated/α-hetero) is 2. The average molecular weight is 437 g/mol. The Morgan fingerprint density at radius 2 is 1.84 bits per heavy atom. The molecule has 6 nitrogen and oxygen atoms in total. The molecule has 2 rings (SSSR count). The van der Waals surface area contributed by atoms with Gasteiger partial charge in [-0.15, -0.1) is 0 Å². The zero-order valence-corrected chi connectivity index (χ0v) is 19.1. The van der Waals surface area contributed by atoms with Crippen molar-refractivity contribution in [2.75, 3.05) is 7.11 Å². The van der Waals surface area contributed by atoms with E-state index in [1.165, 1.54) is 20.0 Å². The number of rotatable bonds is 12. The molecule has 0 aromatic rings. The second-order valence-electron chi connectivity index (χ2n) is 9.39. The van der Waals surface area contributed by atoms with Crippen LogP contribution in [0, 0.1) is 23.7 Å². The maximum Gasteiger partial charge on any atom is 0.305 e.